The number of hydrogen-bond donors (Lipinski definition) is 0. The lowest BCUT2D eigenvalue weighted by Gasteiger charge is -2.32. The van der Waals surface area contributed by atoms with Crippen LogP contribution in [0, 0.1) is 11.6 Å². The first kappa shape index (κ1) is 18.2. The maximum Gasteiger partial charge on any atom is 0.411 e. The van der Waals surface area contributed by atoms with Crippen LogP contribution in [0.1, 0.15) is 30.7 Å². The standard InChI is InChI=1S/C19H18BrF2N3O2/c1-11-18(12-3-5-14(21)15(22)9-12)27-19(26)25(11)10-16-13(20)4-6-17(23-16)24-7-2-8-24/h3-6,9,11,18H,2,7-8,10H2,1H3/t11-,18-/m0/s1. The van der Waals surface area contributed by atoms with E-state index in [-0.39, 0.29) is 12.6 Å². The number of aromatic nitrogens is 1. The van der Waals surface area contributed by atoms with Gasteiger partial charge in [0.15, 0.2) is 11.6 Å². The summed E-state index contributed by atoms with van der Waals surface area (Å²) in [6, 6.07) is 7.09. The normalized spacial score (nSPS) is 22.0. The number of cyclic esters (lactones) is 1. The van der Waals surface area contributed by atoms with Crippen molar-refractivity contribution in [1.82, 2.24) is 9.88 Å². The van der Waals surface area contributed by atoms with Gasteiger partial charge in [0, 0.05) is 17.6 Å². The molecule has 1 aromatic heterocycles. The third kappa shape index (κ3) is 3.38. The smallest absolute Gasteiger partial charge is 0.411 e. The molecule has 2 aliphatic rings. The number of halogens is 3. The van der Waals surface area contributed by atoms with Crippen LogP contribution in [0.4, 0.5) is 19.4 Å². The van der Waals surface area contributed by atoms with E-state index in [1.165, 1.54) is 6.07 Å². The molecule has 0 aliphatic carbocycles. The molecule has 2 saturated heterocycles. The summed E-state index contributed by atoms with van der Waals surface area (Å²) >= 11 is 3.49. The van der Waals surface area contributed by atoms with Crippen molar-refractivity contribution in [3.8, 4) is 0 Å². The number of hydrogen-bond acceptors (Lipinski definition) is 4. The van der Waals surface area contributed by atoms with Crippen LogP contribution in [0.15, 0.2) is 34.8 Å². The average molecular weight is 438 g/mol. The largest absolute Gasteiger partial charge is 0.439 e. The second-order valence-corrected chi connectivity index (χ2v) is 7.64. The minimum absolute atomic E-state index is 0.266. The maximum absolute atomic E-state index is 13.6. The molecule has 2 fully saturated rings. The highest BCUT2D eigenvalue weighted by molar-refractivity contribution is 9.10. The molecule has 0 bridgehead atoms. The van der Waals surface area contributed by atoms with Crippen LogP contribution in [0.2, 0.25) is 0 Å². The number of ether oxygens (including phenoxy) is 1. The van der Waals surface area contributed by atoms with Gasteiger partial charge in [-0.1, -0.05) is 6.07 Å². The van der Waals surface area contributed by atoms with Crippen molar-refractivity contribution < 1.29 is 18.3 Å². The summed E-state index contributed by atoms with van der Waals surface area (Å²) in [6.07, 6.45) is -0.0106. The Morgan fingerprint density at radius 1 is 1.22 bits per heavy atom. The number of anilines is 1. The van der Waals surface area contributed by atoms with Gasteiger partial charge in [0.1, 0.15) is 11.9 Å². The van der Waals surface area contributed by atoms with Gasteiger partial charge < -0.3 is 9.64 Å². The lowest BCUT2D eigenvalue weighted by atomic mass is 10.0. The Hall–Kier alpha value is -2.22. The Kier molecular flexibility index (Phi) is 4.75. The van der Waals surface area contributed by atoms with Crippen molar-refractivity contribution in [2.45, 2.75) is 32.0 Å². The number of rotatable bonds is 4. The van der Waals surface area contributed by atoms with Gasteiger partial charge in [-0.2, -0.15) is 0 Å². The quantitative estimate of drug-likeness (QED) is 0.710. The lowest BCUT2D eigenvalue weighted by Crippen LogP contribution is -2.38. The minimum Gasteiger partial charge on any atom is -0.439 e. The highest BCUT2D eigenvalue weighted by Gasteiger charge is 2.40. The summed E-state index contributed by atoms with van der Waals surface area (Å²) in [5.74, 6) is -0.999. The molecule has 2 aliphatic heterocycles. The molecule has 1 aromatic carbocycles. The van der Waals surface area contributed by atoms with E-state index in [2.05, 4.69) is 25.8 Å². The summed E-state index contributed by atoms with van der Waals surface area (Å²) in [7, 11) is 0. The van der Waals surface area contributed by atoms with Crippen molar-refractivity contribution in [3.63, 3.8) is 0 Å². The first-order chi connectivity index (χ1) is 12.9. The number of nitrogens with zero attached hydrogens (tertiary/aromatic N) is 3. The van der Waals surface area contributed by atoms with Gasteiger partial charge in [-0.3, -0.25) is 4.90 Å². The summed E-state index contributed by atoms with van der Waals surface area (Å²) in [6.45, 7) is 4.05. The van der Waals surface area contributed by atoms with Crippen LogP contribution >= 0.6 is 15.9 Å². The maximum atomic E-state index is 13.6. The van der Waals surface area contributed by atoms with Crippen molar-refractivity contribution in [2.24, 2.45) is 0 Å². The van der Waals surface area contributed by atoms with Gasteiger partial charge in [0.2, 0.25) is 0 Å². The van der Waals surface area contributed by atoms with Crippen molar-refractivity contribution >= 4 is 27.8 Å². The van der Waals surface area contributed by atoms with Gasteiger partial charge in [0.05, 0.1) is 18.3 Å². The van der Waals surface area contributed by atoms with E-state index in [9.17, 15) is 13.6 Å². The van der Waals surface area contributed by atoms with Crippen LogP contribution < -0.4 is 4.90 Å². The van der Waals surface area contributed by atoms with Crippen LogP contribution in [-0.2, 0) is 11.3 Å². The Labute approximate surface area is 164 Å². The third-order valence-electron chi connectivity index (χ3n) is 5.07. The molecule has 3 heterocycles. The molecule has 0 N–H and O–H groups in total. The molecule has 1 amide bonds. The van der Waals surface area contributed by atoms with E-state index in [0.29, 0.717) is 5.56 Å². The topological polar surface area (TPSA) is 45.7 Å². The molecule has 142 valence electrons. The monoisotopic (exact) mass is 437 g/mol. The van der Waals surface area contributed by atoms with Crippen LogP contribution in [-0.4, -0.2) is 35.1 Å². The molecular weight excluding hydrogens is 420 g/mol. The first-order valence-corrected chi connectivity index (χ1v) is 9.56. The molecule has 0 spiro atoms. The molecule has 8 heteroatoms. The van der Waals surface area contributed by atoms with Crippen LogP contribution in [0.5, 0.6) is 0 Å². The Bertz CT molecular complexity index is 891. The fraction of sp³-hybridized carbons (Fsp3) is 0.368. The molecule has 0 radical (unpaired) electrons. The highest BCUT2D eigenvalue weighted by atomic mass is 79.9. The molecule has 2 aromatic rings. The minimum atomic E-state index is -0.958. The molecule has 5 nitrogen and oxygen atoms in total. The second-order valence-electron chi connectivity index (χ2n) is 6.78. The zero-order valence-electron chi connectivity index (χ0n) is 14.7. The molecule has 2 atom stereocenters. The fourth-order valence-electron chi connectivity index (χ4n) is 3.32. The lowest BCUT2D eigenvalue weighted by molar-refractivity contribution is 0.130. The number of benzene rings is 1. The zero-order chi connectivity index (χ0) is 19.1. The number of pyridine rings is 1. The van der Waals surface area contributed by atoms with Crippen molar-refractivity contribution in [1.29, 1.82) is 0 Å². The van der Waals surface area contributed by atoms with E-state index in [4.69, 9.17) is 4.74 Å². The van der Waals surface area contributed by atoms with E-state index in [1.54, 1.807) is 4.90 Å². The number of carbonyl (C=O) groups excluding carboxylic acids is 1. The molecule has 27 heavy (non-hydrogen) atoms. The number of carbonyl (C=O) groups is 1. The zero-order valence-corrected chi connectivity index (χ0v) is 16.2. The second kappa shape index (κ2) is 7.07. The van der Waals surface area contributed by atoms with E-state index >= 15 is 0 Å². The SMILES string of the molecule is C[C@H]1[C@@H](c2ccc(F)c(F)c2)OC(=O)N1Cc1nc(N2CCC2)ccc1Br. The number of amides is 1. The molecule has 0 unspecified atom stereocenters. The van der Waals surface area contributed by atoms with E-state index in [0.717, 1.165) is 47.6 Å². The summed E-state index contributed by atoms with van der Waals surface area (Å²) in [4.78, 5) is 20.8. The van der Waals surface area contributed by atoms with Crippen molar-refractivity contribution in [3.05, 3.63) is 57.7 Å². The summed E-state index contributed by atoms with van der Waals surface area (Å²) in [5, 5.41) is 0. The Morgan fingerprint density at radius 3 is 2.67 bits per heavy atom. The molecule has 0 saturated carbocycles. The van der Waals surface area contributed by atoms with E-state index in [1.807, 2.05) is 19.1 Å². The van der Waals surface area contributed by atoms with Crippen LogP contribution in [0.25, 0.3) is 0 Å². The van der Waals surface area contributed by atoms with Gasteiger partial charge in [0.25, 0.3) is 0 Å². The van der Waals surface area contributed by atoms with Gasteiger partial charge >= 0.3 is 6.09 Å². The van der Waals surface area contributed by atoms with Crippen LogP contribution in [0.3, 0.4) is 0 Å². The Balaban J connectivity index is 1.55. The fourth-order valence-corrected chi connectivity index (χ4v) is 3.66. The third-order valence-corrected chi connectivity index (χ3v) is 5.79. The first-order valence-electron chi connectivity index (χ1n) is 8.76. The highest BCUT2D eigenvalue weighted by Crippen LogP contribution is 2.35. The van der Waals surface area contributed by atoms with E-state index < -0.39 is 23.8 Å². The van der Waals surface area contributed by atoms with Gasteiger partial charge in [-0.15, -0.1) is 0 Å². The Morgan fingerprint density at radius 2 is 2.00 bits per heavy atom. The van der Waals surface area contributed by atoms with Crippen molar-refractivity contribution in [2.75, 3.05) is 18.0 Å². The average Bonchev–Trinajstić information content (AvgIpc) is 2.87. The van der Waals surface area contributed by atoms with Gasteiger partial charge in [-0.25, -0.2) is 18.6 Å². The molecule has 4 rings (SSSR count). The predicted molar refractivity (Wildman–Crippen MR) is 99.4 cm³/mol. The predicted octanol–water partition coefficient (Wildman–Crippen LogP) is 4.41. The molecular formula is C19H18BrF2N3O2. The van der Waals surface area contributed by atoms with Gasteiger partial charge in [-0.05, 0) is 59.1 Å². The summed E-state index contributed by atoms with van der Waals surface area (Å²) in [5.41, 5.74) is 1.16. The summed E-state index contributed by atoms with van der Waals surface area (Å²) < 4.78 is 33.0.